The summed E-state index contributed by atoms with van der Waals surface area (Å²) >= 11 is 1.66. The highest BCUT2D eigenvalue weighted by molar-refractivity contribution is 7.10. The zero-order valence-electron chi connectivity index (χ0n) is 10.5. The van der Waals surface area contributed by atoms with Crippen molar-refractivity contribution in [3.63, 3.8) is 0 Å². The first-order valence-corrected chi connectivity index (χ1v) is 6.63. The fourth-order valence-electron chi connectivity index (χ4n) is 1.66. The molecule has 1 aromatic carbocycles. The maximum absolute atomic E-state index is 12.0. The minimum absolute atomic E-state index is 0.0640. The van der Waals surface area contributed by atoms with Crippen molar-refractivity contribution >= 4 is 22.9 Å². The zero-order valence-corrected chi connectivity index (χ0v) is 11.3. The molecule has 0 radical (unpaired) electrons. The quantitative estimate of drug-likeness (QED) is 0.834. The number of carbonyl (C=O) groups is 1. The Kier molecular flexibility index (Phi) is 3.67. The van der Waals surface area contributed by atoms with Gasteiger partial charge < -0.3 is 11.1 Å². The summed E-state index contributed by atoms with van der Waals surface area (Å²) in [5.41, 5.74) is 9.23. The predicted octanol–water partition coefficient (Wildman–Crippen LogP) is 2.88. The summed E-state index contributed by atoms with van der Waals surface area (Å²) in [5.74, 6) is -0.0640. The van der Waals surface area contributed by atoms with Crippen molar-refractivity contribution in [1.29, 1.82) is 0 Å². The van der Waals surface area contributed by atoms with Crippen molar-refractivity contribution in [2.75, 3.05) is 5.73 Å². The van der Waals surface area contributed by atoms with E-state index in [-0.39, 0.29) is 5.91 Å². The largest absolute Gasteiger partial charge is 0.399 e. The van der Waals surface area contributed by atoms with Crippen molar-refractivity contribution in [3.05, 3.63) is 51.2 Å². The molecule has 0 aliphatic carbocycles. The highest BCUT2D eigenvalue weighted by Gasteiger charge is 2.07. The van der Waals surface area contributed by atoms with Gasteiger partial charge in [0.2, 0.25) is 0 Å². The van der Waals surface area contributed by atoms with E-state index in [2.05, 4.69) is 11.4 Å². The van der Waals surface area contributed by atoms with E-state index in [4.69, 9.17) is 5.73 Å². The fourth-order valence-corrected chi connectivity index (χ4v) is 2.51. The summed E-state index contributed by atoms with van der Waals surface area (Å²) in [6, 6.07) is 7.38. The van der Waals surface area contributed by atoms with Crippen LogP contribution in [0.1, 0.15) is 26.4 Å². The van der Waals surface area contributed by atoms with Crippen molar-refractivity contribution in [2.45, 2.75) is 20.4 Å². The lowest BCUT2D eigenvalue weighted by molar-refractivity contribution is 0.0951. The van der Waals surface area contributed by atoms with Crippen LogP contribution in [0.25, 0.3) is 0 Å². The van der Waals surface area contributed by atoms with Crippen LogP contribution in [-0.4, -0.2) is 5.91 Å². The van der Waals surface area contributed by atoms with Crippen LogP contribution in [0.2, 0.25) is 0 Å². The Morgan fingerprint density at radius 2 is 2.06 bits per heavy atom. The molecule has 3 N–H and O–H groups in total. The third-order valence-electron chi connectivity index (χ3n) is 2.91. The highest BCUT2D eigenvalue weighted by atomic mass is 32.1. The van der Waals surface area contributed by atoms with Crippen molar-refractivity contribution in [2.24, 2.45) is 0 Å². The van der Waals surface area contributed by atoms with E-state index in [0.29, 0.717) is 17.8 Å². The Bertz CT molecular complexity index is 575. The number of rotatable bonds is 3. The molecule has 3 nitrogen and oxygen atoms in total. The first-order chi connectivity index (χ1) is 8.58. The molecule has 2 rings (SSSR count). The summed E-state index contributed by atoms with van der Waals surface area (Å²) in [6.07, 6.45) is 0. The molecule has 0 spiro atoms. The molecule has 94 valence electrons. The molecule has 2 aromatic rings. The molecule has 1 heterocycles. The Hall–Kier alpha value is -1.81. The molecule has 0 atom stereocenters. The highest BCUT2D eigenvalue weighted by Crippen LogP contribution is 2.16. The molecule has 0 bridgehead atoms. The van der Waals surface area contributed by atoms with Gasteiger partial charge in [-0.05, 0) is 54.6 Å². The number of aryl methyl sites for hydroxylation is 2. The molecule has 1 amide bonds. The van der Waals surface area contributed by atoms with Gasteiger partial charge in [0.15, 0.2) is 0 Å². The Morgan fingerprint density at radius 3 is 2.67 bits per heavy atom. The van der Waals surface area contributed by atoms with Gasteiger partial charge in [-0.2, -0.15) is 0 Å². The second-order valence-corrected chi connectivity index (χ2v) is 5.28. The number of anilines is 1. The van der Waals surface area contributed by atoms with Crippen molar-refractivity contribution in [1.82, 2.24) is 5.32 Å². The lowest BCUT2D eigenvalue weighted by Gasteiger charge is -2.06. The summed E-state index contributed by atoms with van der Waals surface area (Å²) in [4.78, 5) is 13.2. The molecule has 0 unspecified atom stereocenters. The minimum atomic E-state index is -0.0640. The molecule has 1 aromatic heterocycles. The molecule has 4 heteroatoms. The number of hydrogen-bond donors (Lipinski definition) is 2. The van der Waals surface area contributed by atoms with E-state index in [1.165, 1.54) is 10.4 Å². The van der Waals surface area contributed by atoms with Gasteiger partial charge in [-0.25, -0.2) is 0 Å². The second kappa shape index (κ2) is 5.23. The SMILES string of the molecule is Cc1cc(C(=O)NCc2sccc2C)ccc1N. The van der Waals surface area contributed by atoms with E-state index >= 15 is 0 Å². The predicted molar refractivity (Wildman–Crippen MR) is 75.8 cm³/mol. The van der Waals surface area contributed by atoms with E-state index in [1.54, 1.807) is 23.5 Å². The van der Waals surface area contributed by atoms with Crippen molar-refractivity contribution < 1.29 is 4.79 Å². The van der Waals surface area contributed by atoms with Crippen LogP contribution in [0.5, 0.6) is 0 Å². The van der Waals surface area contributed by atoms with E-state index in [1.807, 2.05) is 25.3 Å². The van der Waals surface area contributed by atoms with Gasteiger partial charge in [0, 0.05) is 16.1 Å². The van der Waals surface area contributed by atoms with Crippen LogP contribution in [0.4, 0.5) is 5.69 Å². The number of nitrogens with one attached hydrogen (secondary N) is 1. The second-order valence-electron chi connectivity index (χ2n) is 4.28. The molecule has 0 aliphatic heterocycles. The minimum Gasteiger partial charge on any atom is -0.399 e. The Labute approximate surface area is 111 Å². The normalized spacial score (nSPS) is 10.3. The molecule has 0 saturated carbocycles. The first-order valence-electron chi connectivity index (χ1n) is 5.75. The topological polar surface area (TPSA) is 55.1 Å². The third-order valence-corrected chi connectivity index (χ3v) is 3.93. The number of amides is 1. The smallest absolute Gasteiger partial charge is 0.251 e. The average molecular weight is 260 g/mol. The maximum atomic E-state index is 12.0. The van der Waals surface area contributed by atoms with Gasteiger partial charge in [0.05, 0.1) is 6.54 Å². The van der Waals surface area contributed by atoms with Crippen molar-refractivity contribution in [3.8, 4) is 0 Å². The fraction of sp³-hybridized carbons (Fsp3) is 0.214. The Balaban J connectivity index is 2.04. The molecular weight excluding hydrogens is 244 g/mol. The van der Waals surface area contributed by atoms with Gasteiger partial charge in [-0.3, -0.25) is 4.79 Å². The maximum Gasteiger partial charge on any atom is 0.251 e. The first kappa shape index (κ1) is 12.6. The van der Waals surface area contributed by atoms with Crippen LogP contribution >= 0.6 is 11.3 Å². The zero-order chi connectivity index (χ0) is 13.1. The van der Waals surface area contributed by atoms with Crippen LogP contribution in [0, 0.1) is 13.8 Å². The summed E-state index contributed by atoms with van der Waals surface area (Å²) in [5, 5.41) is 4.95. The summed E-state index contributed by atoms with van der Waals surface area (Å²) in [6.45, 7) is 4.52. The number of thiophene rings is 1. The van der Waals surface area contributed by atoms with Crippen LogP contribution in [0.15, 0.2) is 29.6 Å². The monoisotopic (exact) mass is 260 g/mol. The molecular formula is C14H16N2OS. The molecule has 18 heavy (non-hydrogen) atoms. The average Bonchev–Trinajstić information content (AvgIpc) is 2.75. The number of carbonyl (C=O) groups excluding carboxylic acids is 1. The summed E-state index contributed by atoms with van der Waals surface area (Å²) < 4.78 is 0. The Morgan fingerprint density at radius 1 is 1.28 bits per heavy atom. The van der Waals surface area contributed by atoms with Gasteiger partial charge >= 0.3 is 0 Å². The van der Waals surface area contributed by atoms with Crippen LogP contribution in [-0.2, 0) is 6.54 Å². The standard InChI is InChI=1S/C14H16N2OS/c1-9-5-6-18-13(9)8-16-14(17)11-3-4-12(15)10(2)7-11/h3-7H,8,15H2,1-2H3,(H,16,17). The van der Waals surface area contributed by atoms with Gasteiger partial charge in [0.1, 0.15) is 0 Å². The van der Waals surface area contributed by atoms with E-state index in [9.17, 15) is 4.79 Å². The van der Waals surface area contributed by atoms with Crippen LogP contribution < -0.4 is 11.1 Å². The van der Waals surface area contributed by atoms with E-state index in [0.717, 1.165) is 5.56 Å². The number of hydrogen-bond acceptors (Lipinski definition) is 3. The van der Waals surface area contributed by atoms with E-state index < -0.39 is 0 Å². The van der Waals surface area contributed by atoms with Gasteiger partial charge in [-0.1, -0.05) is 0 Å². The number of nitrogens with two attached hydrogens (primary N) is 1. The third kappa shape index (κ3) is 2.71. The van der Waals surface area contributed by atoms with Crippen LogP contribution in [0.3, 0.4) is 0 Å². The van der Waals surface area contributed by atoms with Gasteiger partial charge in [-0.15, -0.1) is 11.3 Å². The molecule has 0 saturated heterocycles. The number of nitrogen functional groups attached to an aromatic ring is 1. The lowest BCUT2D eigenvalue weighted by atomic mass is 10.1. The summed E-state index contributed by atoms with van der Waals surface area (Å²) in [7, 11) is 0. The molecule has 0 aliphatic rings. The molecule has 0 fully saturated rings. The number of benzene rings is 1. The van der Waals surface area contributed by atoms with Gasteiger partial charge in [0.25, 0.3) is 5.91 Å². The lowest BCUT2D eigenvalue weighted by Crippen LogP contribution is -2.22.